The lowest BCUT2D eigenvalue weighted by atomic mass is 10.1. The van der Waals surface area contributed by atoms with Crippen molar-refractivity contribution in [2.75, 3.05) is 12.3 Å². The predicted molar refractivity (Wildman–Crippen MR) is 91.4 cm³/mol. The van der Waals surface area contributed by atoms with E-state index in [-0.39, 0.29) is 11.4 Å². The lowest BCUT2D eigenvalue weighted by molar-refractivity contribution is -0.118. The fraction of sp³-hybridized carbons (Fsp3) is 0.500. The van der Waals surface area contributed by atoms with Crippen LogP contribution in [0.25, 0.3) is 0 Å². The number of benzene rings is 1. The number of carbonyl (C=O) groups is 1. The molecule has 1 N–H and O–H groups in total. The summed E-state index contributed by atoms with van der Waals surface area (Å²) in [5, 5.41) is 15.2. The zero-order valence-corrected chi connectivity index (χ0v) is 14.9. The predicted octanol–water partition coefficient (Wildman–Crippen LogP) is 2.19. The van der Waals surface area contributed by atoms with Gasteiger partial charge in [0.05, 0.1) is 11.3 Å². The van der Waals surface area contributed by atoms with E-state index in [0.717, 1.165) is 6.42 Å². The molecule has 0 aliphatic rings. The maximum Gasteiger partial charge on any atom is 0.230 e. The first-order valence-electron chi connectivity index (χ1n) is 7.61. The Morgan fingerprint density at radius 1 is 1.30 bits per heavy atom. The van der Waals surface area contributed by atoms with E-state index in [0.29, 0.717) is 17.5 Å². The van der Waals surface area contributed by atoms with Crippen LogP contribution in [0, 0.1) is 6.92 Å². The maximum absolute atomic E-state index is 12.0. The molecule has 1 amide bonds. The van der Waals surface area contributed by atoms with Crippen molar-refractivity contribution in [1.29, 1.82) is 0 Å². The topological polar surface area (TPSA) is 72.7 Å². The second-order valence-corrected chi connectivity index (χ2v) is 7.30. The Morgan fingerprint density at radius 3 is 2.74 bits per heavy atom. The molecule has 1 aromatic carbocycles. The zero-order chi connectivity index (χ0) is 16.9. The maximum atomic E-state index is 12.0. The molecule has 0 radical (unpaired) electrons. The standard InChI is InChI=1S/C16H23N5OS/c1-12-7-5-6-8-13(12)9-10-17-14(22)11-23-15-18-19-20-21(15)16(2,3)4/h5-8H,9-11H2,1-4H3,(H,17,22). The molecule has 0 unspecified atom stereocenters. The molecule has 0 bridgehead atoms. The average Bonchev–Trinajstić information content (AvgIpc) is 2.96. The molecule has 23 heavy (non-hydrogen) atoms. The first-order chi connectivity index (χ1) is 10.9. The SMILES string of the molecule is Cc1ccccc1CCNC(=O)CSc1nnnn1C(C)(C)C. The van der Waals surface area contributed by atoms with Gasteiger partial charge in [-0.1, -0.05) is 36.0 Å². The van der Waals surface area contributed by atoms with Crippen LogP contribution in [-0.4, -0.2) is 38.4 Å². The smallest absolute Gasteiger partial charge is 0.230 e. The van der Waals surface area contributed by atoms with Gasteiger partial charge in [-0.2, -0.15) is 0 Å². The molecule has 2 rings (SSSR count). The number of nitrogens with zero attached hydrogens (tertiary/aromatic N) is 4. The Labute approximate surface area is 141 Å². The van der Waals surface area contributed by atoms with E-state index in [2.05, 4.69) is 39.9 Å². The highest BCUT2D eigenvalue weighted by atomic mass is 32.2. The van der Waals surface area contributed by atoms with Gasteiger partial charge in [-0.15, -0.1) is 5.10 Å². The molecular formula is C16H23N5OS. The molecule has 0 aliphatic heterocycles. The number of thioether (sulfide) groups is 1. The van der Waals surface area contributed by atoms with E-state index in [1.54, 1.807) is 4.68 Å². The van der Waals surface area contributed by atoms with Gasteiger partial charge in [0, 0.05) is 6.54 Å². The molecule has 6 nitrogen and oxygen atoms in total. The zero-order valence-electron chi connectivity index (χ0n) is 14.0. The van der Waals surface area contributed by atoms with E-state index in [1.165, 1.54) is 22.9 Å². The molecule has 0 atom stereocenters. The number of carbonyl (C=O) groups excluding carboxylic acids is 1. The van der Waals surface area contributed by atoms with Crippen molar-refractivity contribution < 1.29 is 4.79 Å². The Balaban J connectivity index is 1.78. The summed E-state index contributed by atoms with van der Waals surface area (Å²) < 4.78 is 1.73. The average molecular weight is 333 g/mol. The molecule has 0 fully saturated rings. The lowest BCUT2D eigenvalue weighted by Gasteiger charge is -2.19. The van der Waals surface area contributed by atoms with Crippen molar-refractivity contribution in [2.24, 2.45) is 0 Å². The first kappa shape index (κ1) is 17.5. The largest absolute Gasteiger partial charge is 0.355 e. The van der Waals surface area contributed by atoms with Gasteiger partial charge >= 0.3 is 0 Å². The number of hydrogen-bond donors (Lipinski definition) is 1. The third-order valence-corrected chi connectivity index (χ3v) is 4.31. The molecular weight excluding hydrogens is 310 g/mol. The number of hydrogen-bond acceptors (Lipinski definition) is 5. The van der Waals surface area contributed by atoms with E-state index in [1.807, 2.05) is 32.9 Å². The Morgan fingerprint density at radius 2 is 2.04 bits per heavy atom. The van der Waals surface area contributed by atoms with Crippen LogP contribution in [0.1, 0.15) is 31.9 Å². The third kappa shape index (κ3) is 5.06. The van der Waals surface area contributed by atoms with Crippen molar-refractivity contribution >= 4 is 17.7 Å². The summed E-state index contributed by atoms with van der Waals surface area (Å²) in [4.78, 5) is 12.0. The summed E-state index contributed by atoms with van der Waals surface area (Å²) in [6.45, 7) is 8.79. The van der Waals surface area contributed by atoms with Gasteiger partial charge in [-0.25, -0.2) is 4.68 Å². The minimum atomic E-state index is -0.201. The molecule has 7 heteroatoms. The number of aromatic nitrogens is 4. The van der Waals surface area contributed by atoms with Crippen molar-refractivity contribution in [3.05, 3.63) is 35.4 Å². The van der Waals surface area contributed by atoms with Gasteiger partial charge in [-0.3, -0.25) is 4.79 Å². The van der Waals surface area contributed by atoms with Crippen LogP contribution in [0.3, 0.4) is 0 Å². The summed E-state index contributed by atoms with van der Waals surface area (Å²) >= 11 is 1.35. The molecule has 1 aromatic heterocycles. The fourth-order valence-electron chi connectivity index (χ4n) is 2.10. The van der Waals surface area contributed by atoms with Crippen LogP contribution >= 0.6 is 11.8 Å². The number of aryl methyl sites for hydroxylation is 1. The summed E-state index contributed by atoms with van der Waals surface area (Å²) in [5.41, 5.74) is 2.31. The Bertz CT molecular complexity index is 662. The monoisotopic (exact) mass is 333 g/mol. The van der Waals surface area contributed by atoms with Crippen molar-refractivity contribution in [3.8, 4) is 0 Å². The molecule has 0 saturated heterocycles. The molecule has 0 saturated carbocycles. The normalized spacial score (nSPS) is 11.5. The van der Waals surface area contributed by atoms with Crippen LogP contribution in [0.5, 0.6) is 0 Å². The van der Waals surface area contributed by atoms with Gasteiger partial charge in [0.15, 0.2) is 0 Å². The van der Waals surface area contributed by atoms with Gasteiger partial charge in [0.2, 0.25) is 11.1 Å². The van der Waals surface area contributed by atoms with E-state index in [4.69, 9.17) is 0 Å². The second kappa shape index (κ2) is 7.59. The van der Waals surface area contributed by atoms with Crippen LogP contribution in [-0.2, 0) is 16.8 Å². The first-order valence-corrected chi connectivity index (χ1v) is 8.59. The van der Waals surface area contributed by atoms with Gasteiger partial charge in [0.1, 0.15) is 0 Å². The van der Waals surface area contributed by atoms with Crippen molar-refractivity contribution in [3.63, 3.8) is 0 Å². The van der Waals surface area contributed by atoms with Gasteiger partial charge in [-0.05, 0) is 55.7 Å². The molecule has 0 aliphatic carbocycles. The number of rotatable bonds is 6. The minimum absolute atomic E-state index is 0.00737. The van der Waals surface area contributed by atoms with E-state index in [9.17, 15) is 4.79 Å². The number of nitrogens with one attached hydrogen (secondary N) is 1. The van der Waals surface area contributed by atoms with E-state index < -0.39 is 0 Å². The minimum Gasteiger partial charge on any atom is -0.355 e. The van der Waals surface area contributed by atoms with Crippen molar-refractivity contribution in [2.45, 2.75) is 44.8 Å². The highest BCUT2D eigenvalue weighted by Crippen LogP contribution is 2.20. The second-order valence-electron chi connectivity index (χ2n) is 6.36. The Hall–Kier alpha value is -1.89. The highest BCUT2D eigenvalue weighted by molar-refractivity contribution is 7.99. The molecule has 124 valence electrons. The Kier molecular flexibility index (Phi) is 5.76. The highest BCUT2D eigenvalue weighted by Gasteiger charge is 2.20. The molecule has 0 spiro atoms. The quantitative estimate of drug-likeness (QED) is 0.820. The number of tetrazole rings is 1. The summed E-state index contributed by atoms with van der Waals surface area (Å²) in [6, 6.07) is 8.22. The molecule has 2 aromatic rings. The third-order valence-electron chi connectivity index (χ3n) is 3.39. The van der Waals surface area contributed by atoms with Crippen LogP contribution in [0.2, 0.25) is 0 Å². The van der Waals surface area contributed by atoms with E-state index >= 15 is 0 Å². The summed E-state index contributed by atoms with van der Waals surface area (Å²) in [6.07, 6.45) is 0.836. The van der Waals surface area contributed by atoms with Crippen LogP contribution in [0.15, 0.2) is 29.4 Å². The van der Waals surface area contributed by atoms with Crippen LogP contribution in [0.4, 0.5) is 0 Å². The number of amides is 1. The van der Waals surface area contributed by atoms with Crippen molar-refractivity contribution in [1.82, 2.24) is 25.5 Å². The summed E-state index contributed by atoms with van der Waals surface area (Å²) in [7, 11) is 0. The van der Waals surface area contributed by atoms with Gasteiger partial charge in [0.25, 0.3) is 0 Å². The lowest BCUT2D eigenvalue weighted by Crippen LogP contribution is -2.28. The fourth-order valence-corrected chi connectivity index (χ4v) is 2.99. The molecule has 1 heterocycles. The van der Waals surface area contributed by atoms with Gasteiger partial charge < -0.3 is 5.32 Å². The van der Waals surface area contributed by atoms with Crippen LogP contribution < -0.4 is 5.32 Å². The summed E-state index contributed by atoms with van der Waals surface area (Å²) in [5.74, 6) is 0.302.